The summed E-state index contributed by atoms with van der Waals surface area (Å²) in [5.74, 6) is -0.202. The summed E-state index contributed by atoms with van der Waals surface area (Å²) in [7, 11) is 0. The molecule has 3 amide bonds. The monoisotopic (exact) mass is 517 g/mol. The Morgan fingerprint density at radius 3 is 2.44 bits per heavy atom. The van der Waals surface area contributed by atoms with Gasteiger partial charge in [-0.05, 0) is 37.0 Å². The standard InChI is InChI=1S/C30H27N7O2/c1-19-15-25-31-17-23-16-24(21-5-3-2-4-6-21)26(32-27(23)37(25)35-19)22-9-7-20(8-10-22)18-36-13-11-30(12-14-36)28(38)33-29(39)34-30/h2-10,15-17H,11-14,18H2,1H3,(H2,33,34,38,39). The van der Waals surface area contributed by atoms with E-state index in [-0.39, 0.29) is 11.9 Å². The first-order chi connectivity index (χ1) is 19.0. The van der Waals surface area contributed by atoms with Crippen molar-refractivity contribution in [3.05, 3.63) is 84.2 Å². The third-order valence-corrected chi connectivity index (χ3v) is 7.82. The molecule has 0 saturated carbocycles. The predicted molar refractivity (Wildman–Crippen MR) is 148 cm³/mol. The molecule has 0 radical (unpaired) electrons. The lowest BCUT2D eigenvalue weighted by Crippen LogP contribution is -2.54. The van der Waals surface area contributed by atoms with Gasteiger partial charge in [0.1, 0.15) is 5.54 Å². The lowest BCUT2D eigenvalue weighted by molar-refractivity contribution is -0.125. The van der Waals surface area contributed by atoms with E-state index in [1.807, 2.05) is 41.9 Å². The van der Waals surface area contributed by atoms with Crippen LogP contribution in [0.4, 0.5) is 4.79 Å². The number of aryl methyl sites for hydroxylation is 1. The molecule has 2 N–H and O–H groups in total. The zero-order valence-corrected chi connectivity index (χ0v) is 21.5. The van der Waals surface area contributed by atoms with Gasteiger partial charge in [0.2, 0.25) is 0 Å². The summed E-state index contributed by atoms with van der Waals surface area (Å²) in [6.07, 6.45) is 3.09. The van der Waals surface area contributed by atoms with Crippen LogP contribution in [0.25, 0.3) is 39.1 Å². The van der Waals surface area contributed by atoms with Gasteiger partial charge in [-0.3, -0.25) is 15.0 Å². The van der Waals surface area contributed by atoms with Crippen molar-refractivity contribution in [2.45, 2.75) is 31.8 Å². The van der Waals surface area contributed by atoms with E-state index < -0.39 is 5.54 Å². The number of pyridine rings is 1. The number of hydrogen-bond donors (Lipinski definition) is 2. The third kappa shape index (κ3) is 4.11. The molecular formula is C30H27N7O2. The number of benzene rings is 2. The molecule has 2 aliphatic heterocycles. The fraction of sp³-hybridized carbons (Fsp3) is 0.233. The number of piperidine rings is 1. The van der Waals surface area contributed by atoms with Gasteiger partial charge in [-0.2, -0.15) is 9.61 Å². The number of carbonyl (C=O) groups is 2. The predicted octanol–water partition coefficient (Wildman–Crippen LogP) is 4.09. The summed E-state index contributed by atoms with van der Waals surface area (Å²) >= 11 is 0. The normalized spacial score (nSPS) is 17.2. The Balaban J connectivity index is 1.20. The van der Waals surface area contributed by atoms with E-state index in [4.69, 9.17) is 4.98 Å². The lowest BCUT2D eigenvalue weighted by atomic mass is 9.87. The maximum absolute atomic E-state index is 12.3. The van der Waals surface area contributed by atoms with Gasteiger partial charge in [0.05, 0.1) is 11.4 Å². The van der Waals surface area contributed by atoms with Crippen LogP contribution in [-0.2, 0) is 11.3 Å². The van der Waals surface area contributed by atoms with E-state index >= 15 is 0 Å². The zero-order valence-electron chi connectivity index (χ0n) is 21.5. The molecule has 2 aliphatic rings. The smallest absolute Gasteiger partial charge is 0.322 e. The van der Waals surface area contributed by atoms with Crippen LogP contribution in [0.3, 0.4) is 0 Å². The van der Waals surface area contributed by atoms with E-state index in [2.05, 4.69) is 68.1 Å². The number of nitrogens with one attached hydrogen (secondary N) is 2. The highest BCUT2D eigenvalue weighted by atomic mass is 16.2. The van der Waals surface area contributed by atoms with Crippen molar-refractivity contribution in [2.24, 2.45) is 0 Å². The van der Waals surface area contributed by atoms with Gasteiger partial charge in [-0.15, -0.1) is 0 Å². The Morgan fingerprint density at radius 2 is 1.72 bits per heavy atom. The molecule has 2 fully saturated rings. The highest BCUT2D eigenvalue weighted by molar-refractivity contribution is 6.07. The molecule has 39 heavy (non-hydrogen) atoms. The van der Waals surface area contributed by atoms with E-state index in [1.165, 1.54) is 5.56 Å². The molecule has 9 heteroatoms. The minimum Gasteiger partial charge on any atom is -0.323 e. The second-order valence-corrected chi connectivity index (χ2v) is 10.4. The van der Waals surface area contributed by atoms with Gasteiger partial charge in [0.25, 0.3) is 5.91 Å². The van der Waals surface area contributed by atoms with Crippen LogP contribution in [0.2, 0.25) is 0 Å². The number of amides is 3. The molecule has 0 unspecified atom stereocenters. The second kappa shape index (κ2) is 8.99. The van der Waals surface area contributed by atoms with Crippen LogP contribution in [-0.4, -0.2) is 55.0 Å². The Morgan fingerprint density at radius 1 is 0.949 bits per heavy atom. The van der Waals surface area contributed by atoms with Crippen LogP contribution < -0.4 is 10.6 Å². The molecule has 7 rings (SSSR count). The number of rotatable bonds is 4. The molecule has 5 heterocycles. The minimum absolute atomic E-state index is 0.202. The van der Waals surface area contributed by atoms with Crippen molar-refractivity contribution in [3.63, 3.8) is 0 Å². The summed E-state index contributed by atoms with van der Waals surface area (Å²) in [5.41, 5.74) is 6.94. The van der Waals surface area contributed by atoms with Crippen molar-refractivity contribution in [2.75, 3.05) is 13.1 Å². The molecule has 0 atom stereocenters. The van der Waals surface area contributed by atoms with Crippen LogP contribution in [0.15, 0.2) is 72.9 Å². The molecule has 0 aliphatic carbocycles. The molecule has 1 spiro atoms. The number of imide groups is 1. The Bertz CT molecular complexity index is 1740. The maximum atomic E-state index is 12.3. The molecular weight excluding hydrogens is 490 g/mol. The lowest BCUT2D eigenvalue weighted by Gasteiger charge is -2.37. The van der Waals surface area contributed by atoms with Gasteiger partial charge in [0, 0.05) is 48.4 Å². The first-order valence-corrected chi connectivity index (χ1v) is 13.1. The first-order valence-electron chi connectivity index (χ1n) is 13.1. The van der Waals surface area contributed by atoms with E-state index in [9.17, 15) is 9.59 Å². The van der Waals surface area contributed by atoms with Gasteiger partial charge in [-0.25, -0.2) is 14.8 Å². The van der Waals surface area contributed by atoms with Crippen LogP contribution in [0.5, 0.6) is 0 Å². The van der Waals surface area contributed by atoms with Gasteiger partial charge in [-0.1, -0.05) is 54.6 Å². The number of carbonyl (C=O) groups excluding carboxylic acids is 2. The molecule has 3 aromatic heterocycles. The van der Waals surface area contributed by atoms with E-state index in [1.54, 1.807) is 0 Å². The van der Waals surface area contributed by atoms with Crippen molar-refractivity contribution in [3.8, 4) is 22.4 Å². The Kier molecular flexibility index (Phi) is 5.41. The third-order valence-electron chi connectivity index (χ3n) is 7.82. The summed E-state index contributed by atoms with van der Waals surface area (Å²) in [6.45, 7) is 4.22. The van der Waals surface area contributed by atoms with Crippen molar-refractivity contribution >= 4 is 28.6 Å². The number of urea groups is 1. The minimum atomic E-state index is -0.749. The van der Waals surface area contributed by atoms with Crippen LogP contribution in [0, 0.1) is 6.92 Å². The molecule has 194 valence electrons. The summed E-state index contributed by atoms with van der Waals surface area (Å²) < 4.78 is 1.81. The van der Waals surface area contributed by atoms with Crippen molar-refractivity contribution in [1.29, 1.82) is 0 Å². The fourth-order valence-electron chi connectivity index (χ4n) is 5.71. The summed E-state index contributed by atoms with van der Waals surface area (Å²) in [6, 6.07) is 22.5. The van der Waals surface area contributed by atoms with Crippen LogP contribution in [0.1, 0.15) is 24.1 Å². The highest BCUT2D eigenvalue weighted by Crippen LogP contribution is 2.34. The summed E-state index contributed by atoms with van der Waals surface area (Å²) in [4.78, 5) is 35.9. The Labute approximate surface area is 224 Å². The molecule has 5 aromatic rings. The zero-order chi connectivity index (χ0) is 26.6. The SMILES string of the molecule is Cc1cc2ncc3cc(-c4ccccc4)c(-c4ccc(CN5CCC6(CC5)NC(=O)NC6=O)cc4)nc3n2n1. The highest BCUT2D eigenvalue weighted by Gasteiger charge is 2.47. The van der Waals surface area contributed by atoms with Crippen LogP contribution >= 0.6 is 0 Å². The number of nitrogens with zero attached hydrogens (tertiary/aromatic N) is 5. The van der Waals surface area contributed by atoms with Gasteiger partial charge < -0.3 is 5.32 Å². The quantitative estimate of drug-likeness (QED) is 0.348. The average molecular weight is 518 g/mol. The van der Waals surface area contributed by atoms with E-state index in [0.717, 1.165) is 64.4 Å². The summed E-state index contributed by atoms with van der Waals surface area (Å²) in [5, 5.41) is 10.8. The molecule has 9 nitrogen and oxygen atoms in total. The van der Waals surface area contributed by atoms with Gasteiger partial charge in [0.15, 0.2) is 11.3 Å². The molecule has 0 bridgehead atoms. The first kappa shape index (κ1) is 23.5. The average Bonchev–Trinajstić information content (AvgIpc) is 3.47. The molecule has 2 saturated heterocycles. The largest absolute Gasteiger partial charge is 0.323 e. The Hall–Kier alpha value is -4.63. The fourth-order valence-corrected chi connectivity index (χ4v) is 5.71. The number of fused-ring (bicyclic) bond motifs is 3. The maximum Gasteiger partial charge on any atom is 0.322 e. The number of likely N-dealkylation sites (tertiary alicyclic amines) is 1. The van der Waals surface area contributed by atoms with E-state index in [0.29, 0.717) is 12.8 Å². The van der Waals surface area contributed by atoms with Crippen molar-refractivity contribution in [1.82, 2.24) is 35.1 Å². The second-order valence-electron chi connectivity index (χ2n) is 10.4. The van der Waals surface area contributed by atoms with Gasteiger partial charge >= 0.3 is 6.03 Å². The molecule has 2 aromatic carbocycles. The number of aromatic nitrogens is 4. The van der Waals surface area contributed by atoms with Crippen molar-refractivity contribution < 1.29 is 9.59 Å². The number of hydrogen-bond acceptors (Lipinski definition) is 6. The topological polar surface area (TPSA) is 105 Å².